The predicted octanol–water partition coefficient (Wildman–Crippen LogP) is 4.25. The van der Waals surface area contributed by atoms with Crippen molar-refractivity contribution in [3.8, 4) is 57.1 Å². The van der Waals surface area contributed by atoms with Crippen LogP contribution in [0.25, 0.3) is 11.1 Å². The van der Waals surface area contributed by atoms with E-state index in [2.05, 4.69) is 37.2 Å². The SMILES string of the molecule is CN[C@H](CC(C)C)C(=O)N[C@@H]1Cc2ccc(c(Cl)c2)Oc2cc3cc(c2O)Oc2ccc(cc2Cl)[C@@H](O)[C@@H]2NC(=O)[C@H](NC(=O)[C@@H]3NC(=O)[C@H](CCCCN)NC1=O)c1ccc(O)c(c1)-c1c(O)cc(O)cc1[C@@H](C(=O)OC)NC2=O. The van der Waals surface area contributed by atoms with Crippen LogP contribution in [0.4, 0.5) is 0 Å². The number of methoxy groups -OCH3 is 1. The number of aliphatic hydroxyl groups excluding tert-OH is 1. The van der Waals surface area contributed by atoms with Gasteiger partial charge in [0.2, 0.25) is 41.2 Å². The van der Waals surface area contributed by atoms with Crippen molar-refractivity contribution in [1.29, 1.82) is 0 Å². The van der Waals surface area contributed by atoms with Crippen LogP contribution in [0.15, 0.2) is 78.9 Å². The number of nitrogens with one attached hydrogen (secondary N) is 7. The Bertz CT molecular complexity index is 3310. The minimum absolute atomic E-state index is 0.0264. The second-order valence-electron chi connectivity index (χ2n) is 20.1. The van der Waals surface area contributed by atoms with E-state index in [1.807, 2.05) is 13.8 Å². The van der Waals surface area contributed by atoms with Crippen molar-refractivity contribution in [2.75, 3.05) is 20.7 Å². The number of carbonyl (C=O) groups is 7. The molecule has 0 aliphatic carbocycles. The lowest BCUT2D eigenvalue weighted by molar-refractivity contribution is -0.146. The summed E-state index contributed by atoms with van der Waals surface area (Å²) < 4.78 is 17.5. The van der Waals surface area contributed by atoms with Gasteiger partial charge in [-0.1, -0.05) is 55.2 Å². The first-order valence-electron chi connectivity index (χ1n) is 25.7. The van der Waals surface area contributed by atoms with E-state index >= 15 is 14.4 Å². The molecule has 0 fully saturated rings. The Morgan fingerprint density at radius 2 is 1.36 bits per heavy atom. The molecule has 5 aromatic carbocycles. The van der Waals surface area contributed by atoms with E-state index in [4.69, 9.17) is 43.1 Å². The summed E-state index contributed by atoms with van der Waals surface area (Å²) in [5.41, 5.74) is 4.89. The van der Waals surface area contributed by atoms with Gasteiger partial charge in [0.05, 0.1) is 23.2 Å². The van der Waals surface area contributed by atoms with Crippen molar-refractivity contribution in [2.45, 2.75) is 94.3 Å². The number of fused-ring (bicyclic) bond motifs is 15. The number of ether oxygens (including phenoxy) is 3. The van der Waals surface area contributed by atoms with Crippen LogP contribution >= 0.6 is 23.2 Å². The number of aromatic hydroxyl groups is 4. The van der Waals surface area contributed by atoms with E-state index in [1.165, 1.54) is 54.6 Å². The Morgan fingerprint density at radius 1 is 0.716 bits per heavy atom. The number of carbonyl (C=O) groups excluding carboxylic acids is 7. The van der Waals surface area contributed by atoms with E-state index in [-0.39, 0.29) is 86.7 Å². The fourth-order valence-electron chi connectivity index (χ4n) is 9.77. The average molecular weight is 1160 g/mol. The number of nitrogens with two attached hydrogens (primary N) is 1. The molecule has 428 valence electrons. The lowest BCUT2D eigenvalue weighted by Gasteiger charge is -2.31. The second kappa shape index (κ2) is 25.0. The van der Waals surface area contributed by atoms with Gasteiger partial charge in [-0.25, -0.2) is 4.79 Å². The highest BCUT2D eigenvalue weighted by atomic mass is 35.5. The number of halogens is 2. The van der Waals surface area contributed by atoms with Crippen LogP contribution < -0.4 is 52.4 Å². The maximum atomic E-state index is 15.5. The van der Waals surface area contributed by atoms with Gasteiger partial charge in [-0.2, -0.15) is 0 Å². The molecular weight excluding hydrogens is 1100 g/mol. The number of hydrogen-bond acceptors (Lipinski definition) is 17. The third-order valence-electron chi connectivity index (χ3n) is 13.9. The summed E-state index contributed by atoms with van der Waals surface area (Å²) in [7, 11) is 2.60. The molecule has 8 atom stereocenters. The zero-order valence-electron chi connectivity index (χ0n) is 44.1. The number of rotatable bonds is 10. The molecule has 81 heavy (non-hydrogen) atoms. The van der Waals surface area contributed by atoms with Crippen LogP contribution in [0.3, 0.4) is 0 Å². The highest BCUT2D eigenvalue weighted by molar-refractivity contribution is 6.32. The number of unbranched alkanes of at least 4 members (excludes halogenated alkanes) is 1. The smallest absolute Gasteiger partial charge is 0.333 e. The van der Waals surface area contributed by atoms with Gasteiger partial charge in [0.1, 0.15) is 65.1 Å². The normalized spacial score (nSPS) is 21.4. The summed E-state index contributed by atoms with van der Waals surface area (Å²) in [6.07, 6.45) is -1.15. The zero-order chi connectivity index (χ0) is 58.6. The molecular formula is C56H60Cl2N8O15. The van der Waals surface area contributed by atoms with E-state index < -0.39 is 124 Å². The Morgan fingerprint density at radius 3 is 2.00 bits per heavy atom. The van der Waals surface area contributed by atoms with Crippen molar-refractivity contribution in [3.05, 3.63) is 117 Å². The van der Waals surface area contributed by atoms with Crippen LogP contribution in [0.2, 0.25) is 10.0 Å². The average Bonchev–Trinajstić information content (AvgIpc) is 3.61. The van der Waals surface area contributed by atoms with Gasteiger partial charge in [0, 0.05) is 29.2 Å². The summed E-state index contributed by atoms with van der Waals surface area (Å²) in [4.78, 5) is 102. The van der Waals surface area contributed by atoms with Gasteiger partial charge < -0.3 is 82.7 Å². The Labute approximate surface area is 473 Å². The van der Waals surface area contributed by atoms with Crippen LogP contribution in [0, 0.1) is 5.92 Å². The Hall–Kier alpha value is -8.35. The van der Waals surface area contributed by atoms with Crippen molar-refractivity contribution in [1.82, 2.24) is 37.2 Å². The van der Waals surface area contributed by atoms with Crippen LogP contribution in [0.1, 0.15) is 91.6 Å². The second-order valence-corrected chi connectivity index (χ2v) is 20.9. The molecule has 10 rings (SSSR count). The number of benzene rings is 5. The first kappa shape index (κ1) is 58.8. The van der Waals surface area contributed by atoms with Crippen molar-refractivity contribution >= 4 is 64.6 Å². The number of likely N-dealkylation sites (N-methyl/N-ethyl adjacent to an activating group) is 1. The van der Waals surface area contributed by atoms with Crippen molar-refractivity contribution < 1.29 is 73.3 Å². The molecule has 5 aromatic rings. The first-order valence-corrected chi connectivity index (χ1v) is 26.5. The Balaban J connectivity index is 1.35. The van der Waals surface area contributed by atoms with E-state index in [0.717, 1.165) is 25.3 Å². The maximum Gasteiger partial charge on any atom is 0.333 e. The molecule has 6 amide bonds. The summed E-state index contributed by atoms with van der Waals surface area (Å²) in [5, 5.41) is 76.3. The van der Waals surface area contributed by atoms with Crippen LogP contribution in [-0.2, 0) is 44.7 Å². The largest absolute Gasteiger partial charge is 0.508 e. The number of phenolic OH excluding ortho intramolecular Hbond substituents is 4. The molecule has 23 nitrogen and oxygen atoms in total. The number of aliphatic hydroxyl groups is 1. The van der Waals surface area contributed by atoms with Gasteiger partial charge in [0.25, 0.3) is 0 Å². The third kappa shape index (κ3) is 13.0. The van der Waals surface area contributed by atoms with Gasteiger partial charge in [-0.3, -0.25) is 28.8 Å². The highest BCUT2D eigenvalue weighted by Crippen LogP contribution is 2.47. The molecule has 5 heterocycles. The van der Waals surface area contributed by atoms with Gasteiger partial charge >= 0.3 is 5.97 Å². The number of amides is 6. The molecule has 14 N–H and O–H groups in total. The first-order chi connectivity index (χ1) is 38.6. The summed E-state index contributed by atoms with van der Waals surface area (Å²) >= 11 is 13.7. The Kier molecular flexibility index (Phi) is 18.1. The number of esters is 1. The topological polar surface area (TPSA) is 359 Å². The molecule has 0 unspecified atom stereocenters. The summed E-state index contributed by atoms with van der Waals surface area (Å²) in [6.45, 7) is 4.07. The van der Waals surface area contributed by atoms with Crippen molar-refractivity contribution in [3.63, 3.8) is 0 Å². The standard InChI is InChI=1S/C56H60Cl2N8O15/c1-24(2)15-35(60-3)51(73)62-36-17-25-8-12-39(32(57)16-25)80-41-20-28-21-42(49(41)71)81-40-13-10-27(19-33(40)58)48(70)47-55(77)65-46(56(78)79-4)31-22-29(67)23-38(69)43(31)30-18-26(9-11-37(30)68)44(53(75)66-47)64-54(76)45(28)63-50(72)34(61-52(36)74)7-5-6-14-59/h8-13,16,18-24,34-36,44-48,60,67-71H,5-7,14-15,17,59H2,1-4H3,(H,61,74)(H,62,73)(H,63,72)(H,64,76)(H,65,77)(H,66,75)/t34-,35+,36+,44+,45+,46-,47-,48+/m0/s1. The van der Waals surface area contributed by atoms with Crippen LogP contribution in [0.5, 0.6) is 46.0 Å². The minimum Gasteiger partial charge on any atom is -0.508 e. The molecule has 5 aliphatic heterocycles. The quantitative estimate of drug-likeness (QED) is 0.0687. The lowest BCUT2D eigenvalue weighted by Crippen LogP contribution is -2.57. The molecule has 25 heteroatoms. The fraction of sp³-hybridized carbons (Fsp3) is 0.339. The third-order valence-corrected chi connectivity index (χ3v) is 14.5. The fourth-order valence-corrected chi connectivity index (χ4v) is 10.2. The number of phenols is 4. The van der Waals surface area contributed by atoms with Crippen molar-refractivity contribution in [2.24, 2.45) is 11.7 Å². The molecule has 0 saturated heterocycles. The predicted molar refractivity (Wildman–Crippen MR) is 292 cm³/mol. The van der Waals surface area contributed by atoms with Crippen LogP contribution in [-0.4, -0.2) is 112 Å². The highest BCUT2D eigenvalue weighted by Gasteiger charge is 2.41. The van der Waals surface area contributed by atoms with E-state index in [1.54, 1.807) is 13.1 Å². The molecule has 5 aliphatic rings. The summed E-state index contributed by atoms with van der Waals surface area (Å²) in [6, 6.07) is 4.56. The number of hydrogen-bond donors (Lipinski definition) is 13. The minimum atomic E-state index is -2.07. The van der Waals surface area contributed by atoms with Gasteiger partial charge in [-0.15, -0.1) is 0 Å². The maximum absolute atomic E-state index is 15.5. The zero-order valence-corrected chi connectivity index (χ0v) is 45.6. The monoisotopic (exact) mass is 1150 g/mol. The lowest BCUT2D eigenvalue weighted by atomic mass is 9.89. The molecule has 11 bridgehead atoms. The molecule has 0 spiro atoms. The molecule has 0 aromatic heterocycles. The summed E-state index contributed by atoms with van der Waals surface area (Å²) in [5.74, 6) is -10.6. The van der Waals surface area contributed by atoms with Gasteiger partial charge in [0.15, 0.2) is 17.5 Å². The van der Waals surface area contributed by atoms with E-state index in [9.17, 15) is 44.7 Å². The molecule has 0 radical (unpaired) electrons. The van der Waals surface area contributed by atoms with Gasteiger partial charge in [-0.05, 0) is 122 Å². The molecule has 0 saturated carbocycles. The van der Waals surface area contributed by atoms with E-state index in [0.29, 0.717) is 18.4 Å².